The molecule has 8 N–H and O–H groups in total. The number of aliphatic hydroxyl groups is 4. The summed E-state index contributed by atoms with van der Waals surface area (Å²) in [5.74, 6) is -8.74. The molecule has 5 rings (SSSR count). The van der Waals surface area contributed by atoms with E-state index in [1.807, 2.05) is 0 Å². The number of fused-ring (bicyclic) bond motifs is 3. The Balaban J connectivity index is 1.58. The molecule has 2 amide bonds. The summed E-state index contributed by atoms with van der Waals surface area (Å²) in [6.07, 6.45) is -0.396. The first-order valence-electron chi connectivity index (χ1n) is 13.3. The molecule has 4 unspecified atom stereocenters. The lowest BCUT2D eigenvalue weighted by atomic mass is 9.59. The first kappa shape index (κ1) is 29.5. The van der Waals surface area contributed by atoms with Crippen molar-refractivity contribution in [2.75, 3.05) is 13.7 Å². The number of primary amides is 1. The van der Waals surface area contributed by atoms with Crippen molar-refractivity contribution >= 4 is 35.1 Å². The van der Waals surface area contributed by atoms with Crippen molar-refractivity contribution in [1.29, 1.82) is 0 Å². The second-order valence-electron chi connectivity index (χ2n) is 10.7. The highest BCUT2D eigenvalue weighted by atomic mass is 16.5. The van der Waals surface area contributed by atoms with Crippen molar-refractivity contribution in [2.24, 2.45) is 17.6 Å². The van der Waals surface area contributed by atoms with Gasteiger partial charge < -0.3 is 41.3 Å². The normalized spacial score (nSPS) is 23.6. The van der Waals surface area contributed by atoms with Gasteiger partial charge in [0.25, 0.3) is 11.8 Å². The molecule has 3 aliphatic rings. The number of carbonyl (C=O) groups excluding carboxylic acids is 5. The number of aliphatic hydroxyl groups excluding tert-OH is 3. The first-order chi connectivity index (χ1) is 20.3. The number of aromatic hydroxyl groups is 1. The van der Waals surface area contributed by atoms with Crippen molar-refractivity contribution in [3.63, 3.8) is 0 Å². The maximum absolute atomic E-state index is 13.7. The molecule has 1 fully saturated rings. The van der Waals surface area contributed by atoms with Crippen molar-refractivity contribution in [3.05, 3.63) is 70.0 Å². The molecule has 3 aliphatic carbocycles. The highest BCUT2D eigenvalue weighted by Gasteiger charge is 2.60. The van der Waals surface area contributed by atoms with Gasteiger partial charge in [-0.2, -0.15) is 0 Å². The van der Waals surface area contributed by atoms with Gasteiger partial charge in [-0.05, 0) is 53.6 Å². The Bertz CT molecular complexity index is 1670. The highest BCUT2D eigenvalue weighted by molar-refractivity contribution is 6.22. The van der Waals surface area contributed by atoms with Crippen LogP contribution in [0.25, 0.3) is 16.9 Å². The number of esters is 1. The summed E-state index contributed by atoms with van der Waals surface area (Å²) in [6.45, 7) is -0.684. The van der Waals surface area contributed by atoms with E-state index in [1.165, 1.54) is 18.2 Å². The lowest BCUT2D eigenvalue weighted by Crippen LogP contribution is -2.58. The number of phenols is 1. The molecule has 0 aliphatic heterocycles. The summed E-state index contributed by atoms with van der Waals surface area (Å²) in [4.78, 5) is 62.7. The van der Waals surface area contributed by atoms with E-state index in [9.17, 15) is 49.5 Å². The largest absolute Gasteiger partial charge is 0.508 e. The number of nitrogens with two attached hydrogens (primary N) is 1. The smallest absolute Gasteiger partial charge is 0.330 e. The second-order valence-corrected chi connectivity index (χ2v) is 10.7. The Labute approximate surface area is 243 Å². The highest BCUT2D eigenvalue weighted by Crippen LogP contribution is 2.53. The van der Waals surface area contributed by atoms with Gasteiger partial charge in [-0.1, -0.05) is 18.2 Å². The van der Waals surface area contributed by atoms with Crippen LogP contribution < -0.4 is 11.1 Å². The molecule has 0 aromatic heterocycles. The van der Waals surface area contributed by atoms with E-state index in [2.05, 4.69) is 10.1 Å². The molecule has 43 heavy (non-hydrogen) atoms. The van der Waals surface area contributed by atoms with Crippen LogP contribution in [-0.4, -0.2) is 80.2 Å². The fourth-order valence-corrected chi connectivity index (χ4v) is 6.28. The number of benzene rings is 2. The number of rotatable bonds is 6. The number of nitrogens with one attached hydrogen (secondary N) is 1. The van der Waals surface area contributed by atoms with E-state index >= 15 is 0 Å². The number of methoxy groups -OCH3 is 1. The zero-order valence-electron chi connectivity index (χ0n) is 22.8. The standard InChI is InChI=1S/C30H28N2O11/c1-43-29(41)18(11-33)32-28(40)13-4-2-3-12(7-13)16-5-6-19(34)22-17(16)9-14-8-15-10-20(35)23(27(31)39)26(38)30(15,42)25(37)21(14)24(22)36/h2-7,14-15,18,33-34,36,38,42H,8-11H2,1H3,(H2,31,39)(H,32,40). The van der Waals surface area contributed by atoms with Crippen molar-refractivity contribution < 1.29 is 54.2 Å². The third kappa shape index (κ3) is 4.53. The maximum Gasteiger partial charge on any atom is 0.330 e. The topological polar surface area (TPSA) is 234 Å². The van der Waals surface area contributed by atoms with E-state index in [-0.39, 0.29) is 35.3 Å². The molecule has 13 heteroatoms. The number of carbonyl (C=O) groups is 5. The Morgan fingerprint density at radius 1 is 1.12 bits per heavy atom. The molecular weight excluding hydrogens is 564 g/mol. The summed E-state index contributed by atoms with van der Waals surface area (Å²) < 4.78 is 4.57. The van der Waals surface area contributed by atoms with Gasteiger partial charge in [-0.25, -0.2) is 4.79 Å². The van der Waals surface area contributed by atoms with Crippen LogP contribution in [0.2, 0.25) is 0 Å². The van der Waals surface area contributed by atoms with Crippen molar-refractivity contribution in [1.82, 2.24) is 5.32 Å². The zero-order chi connectivity index (χ0) is 31.4. The quantitative estimate of drug-likeness (QED) is 0.179. The minimum absolute atomic E-state index is 0.0312. The number of ketones is 2. The fourth-order valence-electron chi connectivity index (χ4n) is 6.28. The summed E-state index contributed by atoms with van der Waals surface area (Å²) >= 11 is 0. The third-order valence-electron chi connectivity index (χ3n) is 8.36. The molecular formula is C30H28N2O11. The van der Waals surface area contributed by atoms with E-state index in [1.54, 1.807) is 18.2 Å². The number of ether oxygens (including phenoxy) is 1. The monoisotopic (exact) mass is 592 g/mol. The van der Waals surface area contributed by atoms with E-state index in [0.717, 1.165) is 7.11 Å². The predicted molar refractivity (Wildman–Crippen MR) is 147 cm³/mol. The number of Topliss-reactive ketones (excluding diaryl/α,β-unsaturated/α-hetero) is 2. The summed E-state index contributed by atoms with van der Waals surface area (Å²) in [5, 5.41) is 56.0. The van der Waals surface area contributed by atoms with Gasteiger partial charge in [0.1, 0.15) is 22.8 Å². The van der Waals surface area contributed by atoms with Crippen LogP contribution in [0, 0.1) is 11.8 Å². The Morgan fingerprint density at radius 2 is 1.84 bits per heavy atom. The van der Waals surface area contributed by atoms with Gasteiger partial charge in [-0.15, -0.1) is 0 Å². The minimum atomic E-state index is -2.67. The second kappa shape index (κ2) is 10.7. The van der Waals surface area contributed by atoms with E-state index in [4.69, 9.17) is 5.73 Å². The molecule has 0 heterocycles. The average molecular weight is 593 g/mol. The van der Waals surface area contributed by atoms with Crippen LogP contribution >= 0.6 is 0 Å². The van der Waals surface area contributed by atoms with E-state index < -0.39 is 82.9 Å². The van der Waals surface area contributed by atoms with Crippen LogP contribution in [0.15, 0.2) is 53.3 Å². The molecule has 0 bridgehead atoms. The molecule has 2 aromatic carbocycles. The number of hydrogen-bond donors (Lipinski definition) is 7. The molecule has 1 saturated carbocycles. The summed E-state index contributed by atoms with van der Waals surface area (Å²) in [5.41, 5.74) is 2.85. The van der Waals surface area contributed by atoms with Gasteiger partial charge in [0, 0.05) is 23.5 Å². The van der Waals surface area contributed by atoms with Gasteiger partial charge in [0.2, 0.25) is 5.78 Å². The van der Waals surface area contributed by atoms with Crippen LogP contribution in [0.5, 0.6) is 5.75 Å². The predicted octanol–water partition coefficient (Wildman–Crippen LogP) is 0.355. The molecule has 2 aromatic rings. The number of phenolic OH excluding ortho intramolecular Hbond substituents is 1. The fraction of sp³-hybridized carbons (Fsp3) is 0.300. The molecule has 4 atom stereocenters. The van der Waals surface area contributed by atoms with Crippen LogP contribution in [-0.2, 0) is 30.3 Å². The van der Waals surface area contributed by atoms with Gasteiger partial charge >= 0.3 is 5.97 Å². The van der Waals surface area contributed by atoms with Gasteiger partial charge in [-0.3, -0.25) is 19.2 Å². The number of amides is 2. The summed E-state index contributed by atoms with van der Waals surface area (Å²) in [7, 11) is 1.12. The Morgan fingerprint density at radius 3 is 2.49 bits per heavy atom. The van der Waals surface area contributed by atoms with E-state index in [0.29, 0.717) is 16.7 Å². The van der Waals surface area contributed by atoms with Crippen LogP contribution in [0.4, 0.5) is 0 Å². The Kier molecular flexibility index (Phi) is 7.32. The first-order valence-corrected chi connectivity index (χ1v) is 13.3. The third-order valence-corrected chi connectivity index (χ3v) is 8.36. The minimum Gasteiger partial charge on any atom is -0.508 e. The SMILES string of the molecule is COC(=O)C(CO)NC(=O)c1cccc(-c2ccc(O)c3c2CC2CC4CC(=O)C(C(N)=O)=C(O)C4(O)C(=O)C2=C3O)c1. The summed E-state index contributed by atoms with van der Waals surface area (Å²) in [6, 6.07) is 7.78. The van der Waals surface area contributed by atoms with Gasteiger partial charge in [0.05, 0.1) is 19.3 Å². The molecule has 224 valence electrons. The lowest BCUT2D eigenvalue weighted by Gasteiger charge is -2.46. The molecule has 13 nitrogen and oxygen atoms in total. The van der Waals surface area contributed by atoms with Crippen LogP contribution in [0.3, 0.4) is 0 Å². The maximum atomic E-state index is 13.7. The van der Waals surface area contributed by atoms with Crippen molar-refractivity contribution in [3.8, 4) is 16.9 Å². The van der Waals surface area contributed by atoms with Gasteiger partial charge in [0.15, 0.2) is 17.4 Å². The van der Waals surface area contributed by atoms with Crippen LogP contribution in [0.1, 0.15) is 34.3 Å². The Hall–Kier alpha value is -5.01. The zero-order valence-corrected chi connectivity index (χ0v) is 22.8. The number of hydrogen-bond acceptors (Lipinski definition) is 11. The lowest BCUT2D eigenvalue weighted by molar-refractivity contribution is -0.147. The molecule has 0 radical (unpaired) electrons. The molecule has 0 saturated heterocycles. The average Bonchev–Trinajstić information content (AvgIpc) is 2.97. The van der Waals surface area contributed by atoms with Crippen molar-refractivity contribution in [2.45, 2.75) is 30.9 Å². The molecule has 0 spiro atoms.